The summed E-state index contributed by atoms with van der Waals surface area (Å²) in [5, 5.41) is 1.68. The molecule has 5 rings (SSSR count). The summed E-state index contributed by atoms with van der Waals surface area (Å²) < 4.78 is 25.8. The fraction of sp³-hybridized carbons (Fsp3) is 0.676. The van der Waals surface area contributed by atoms with E-state index < -0.39 is 23.5 Å². The second-order valence-corrected chi connectivity index (χ2v) is 13.7. The first-order valence-electron chi connectivity index (χ1n) is 16.5. The average Bonchev–Trinajstić information content (AvgIpc) is 3.71. The van der Waals surface area contributed by atoms with Crippen molar-refractivity contribution in [2.45, 2.75) is 91.3 Å². The third-order valence-corrected chi connectivity index (χ3v) is 10.6. The van der Waals surface area contributed by atoms with Crippen molar-refractivity contribution in [3.05, 3.63) is 39.7 Å². The van der Waals surface area contributed by atoms with Gasteiger partial charge in [0.2, 0.25) is 11.8 Å². The number of fused-ring (bicyclic) bond motifs is 1. The Kier molecular flexibility index (Phi) is 11.2. The highest BCUT2D eigenvalue weighted by Crippen LogP contribution is 2.54. The number of hydrogen-bond donors (Lipinski definition) is 2. The Bertz CT molecular complexity index is 1340. The maximum atomic E-state index is 14.6. The van der Waals surface area contributed by atoms with Gasteiger partial charge in [-0.15, -0.1) is 0 Å². The molecule has 3 fully saturated rings. The number of carbonyl (C=O) groups is 3. The number of halogens is 2. The van der Waals surface area contributed by atoms with Gasteiger partial charge in [0.15, 0.2) is 0 Å². The Morgan fingerprint density at radius 2 is 1.91 bits per heavy atom. The number of hydrazine groups is 1. The molecule has 3 unspecified atom stereocenters. The molecule has 0 bridgehead atoms. The molecule has 1 saturated heterocycles. The minimum absolute atomic E-state index is 0.0386. The monoisotopic (exact) mass is 663 g/mol. The average molecular weight is 664 g/mol. The lowest BCUT2D eigenvalue weighted by molar-refractivity contribution is -0.165. The van der Waals surface area contributed by atoms with Gasteiger partial charge in [0.05, 0.1) is 35.9 Å². The van der Waals surface area contributed by atoms with Crippen LogP contribution >= 0.6 is 11.6 Å². The number of hydrogen-bond acceptors (Lipinski definition) is 8. The number of nitrogens with zero attached hydrogens (tertiary/aromatic N) is 3. The van der Waals surface area contributed by atoms with Gasteiger partial charge in [-0.1, -0.05) is 38.3 Å². The highest BCUT2D eigenvalue weighted by atomic mass is 35.5. The molecule has 4 aliphatic rings. The molecule has 1 aromatic carbocycles. The van der Waals surface area contributed by atoms with E-state index in [9.17, 15) is 18.8 Å². The number of methoxy groups -OCH3 is 1. The van der Waals surface area contributed by atoms with Gasteiger partial charge in [0.25, 0.3) is 0 Å². The van der Waals surface area contributed by atoms with Crippen molar-refractivity contribution >= 4 is 29.4 Å². The minimum Gasteiger partial charge on any atom is -0.487 e. The molecular formula is C34H51ClFN5O5. The van der Waals surface area contributed by atoms with E-state index in [-0.39, 0.29) is 47.7 Å². The number of ether oxygens (including phenoxy) is 2. The SMILES string of the molecule is CC.COC(=O)[C@@]1(C)CCCCC1C(=O)N1CCc2c(Cl)ccc(OC/C(N)=C(\C(C)F)N(C)N)c2C1CN1CC2(CC2)CC1=O. The van der Waals surface area contributed by atoms with E-state index in [0.717, 1.165) is 36.3 Å². The summed E-state index contributed by atoms with van der Waals surface area (Å²) in [5.41, 5.74) is 7.13. The van der Waals surface area contributed by atoms with Crippen LogP contribution in [0.25, 0.3) is 0 Å². The van der Waals surface area contributed by atoms with E-state index in [1.807, 2.05) is 30.6 Å². The number of carbonyl (C=O) groups excluding carboxylic acids is 3. The summed E-state index contributed by atoms with van der Waals surface area (Å²) in [5.74, 6) is 5.28. The Hall–Kier alpha value is -3.05. The lowest BCUT2D eigenvalue weighted by Gasteiger charge is -2.45. The Labute approximate surface area is 277 Å². The quantitative estimate of drug-likeness (QED) is 0.217. The van der Waals surface area contributed by atoms with E-state index in [2.05, 4.69) is 0 Å². The zero-order valence-corrected chi connectivity index (χ0v) is 28.9. The van der Waals surface area contributed by atoms with Crippen molar-refractivity contribution in [3.8, 4) is 5.75 Å². The number of likely N-dealkylation sites (tertiary alicyclic amines) is 1. The summed E-state index contributed by atoms with van der Waals surface area (Å²) in [7, 11) is 2.87. The molecule has 256 valence electrons. The highest BCUT2D eigenvalue weighted by molar-refractivity contribution is 6.31. The fourth-order valence-electron chi connectivity index (χ4n) is 7.63. The van der Waals surface area contributed by atoms with E-state index >= 15 is 0 Å². The maximum Gasteiger partial charge on any atom is 0.312 e. The summed E-state index contributed by atoms with van der Waals surface area (Å²) in [4.78, 5) is 44.5. The van der Waals surface area contributed by atoms with Crippen LogP contribution in [0.2, 0.25) is 5.02 Å². The molecule has 2 aliphatic carbocycles. The van der Waals surface area contributed by atoms with Gasteiger partial charge >= 0.3 is 5.97 Å². The zero-order chi connectivity index (χ0) is 34.0. The Balaban J connectivity index is 0.00000235. The van der Waals surface area contributed by atoms with Gasteiger partial charge in [-0.05, 0) is 69.1 Å². The second kappa shape index (κ2) is 14.4. The van der Waals surface area contributed by atoms with Crippen molar-refractivity contribution in [2.75, 3.05) is 40.4 Å². The molecule has 4 atom stereocenters. The Morgan fingerprint density at radius 1 is 1.22 bits per heavy atom. The molecule has 0 radical (unpaired) electrons. The first-order valence-corrected chi connectivity index (χ1v) is 16.9. The third kappa shape index (κ3) is 6.95. The zero-order valence-electron chi connectivity index (χ0n) is 28.2. The lowest BCUT2D eigenvalue weighted by atomic mass is 9.66. The number of nitrogens with two attached hydrogens (primary N) is 2. The van der Waals surface area contributed by atoms with Crippen LogP contribution in [0, 0.1) is 16.7 Å². The molecule has 46 heavy (non-hydrogen) atoms. The highest BCUT2D eigenvalue weighted by Gasteiger charge is 2.54. The van der Waals surface area contributed by atoms with Crippen molar-refractivity contribution in [2.24, 2.45) is 28.3 Å². The third-order valence-electron chi connectivity index (χ3n) is 10.2. The summed E-state index contributed by atoms with van der Waals surface area (Å²) >= 11 is 6.75. The van der Waals surface area contributed by atoms with Crippen molar-refractivity contribution in [3.63, 3.8) is 0 Å². The van der Waals surface area contributed by atoms with Crippen LogP contribution in [-0.2, 0) is 25.5 Å². The predicted octanol–water partition coefficient (Wildman–Crippen LogP) is 4.89. The molecule has 10 nitrogen and oxygen atoms in total. The molecule has 2 amide bonds. The summed E-state index contributed by atoms with van der Waals surface area (Å²) in [6.45, 7) is 8.34. The summed E-state index contributed by atoms with van der Waals surface area (Å²) in [6.07, 6.45) is 4.43. The van der Waals surface area contributed by atoms with E-state index in [1.54, 1.807) is 12.1 Å². The second-order valence-electron chi connectivity index (χ2n) is 13.3. The first kappa shape index (κ1) is 35.8. The molecule has 1 spiro atoms. The number of rotatable bonds is 9. The van der Waals surface area contributed by atoms with Crippen LogP contribution in [0.4, 0.5) is 4.39 Å². The molecule has 2 heterocycles. The molecule has 1 aromatic rings. The maximum absolute atomic E-state index is 14.6. The molecule has 2 aliphatic heterocycles. The van der Waals surface area contributed by atoms with E-state index in [4.69, 9.17) is 32.7 Å². The van der Waals surface area contributed by atoms with Crippen LogP contribution < -0.4 is 16.3 Å². The molecule has 2 saturated carbocycles. The fourth-order valence-corrected chi connectivity index (χ4v) is 7.89. The lowest BCUT2D eigenvalue weighted by Crippen LogP contribution is -2.53. The van der Waals surface area contributed by atoms with Gasteiger partial charge in [0, 0.05) is 43.7 Å². The van der Waals surface area contributed by atoms with Crippen molar-refractivity contribution in [1.82, 2.24) is 14.8 Å². The first-order chi connectivity index (χ1) is 21.8. The number of esters is 1. The molecular weight excluding hydrogens is 613 g/mol. The van der Waals surface area contributed by atoms with Crippen LogP contribution in [0.1, 0.15) is 89.8 Å². The van der Waals surface area contributed by atoms with Gasteiger partial charge in [0.1, 0.15) is 18.5 Å². The molecule has 4 N–H and O–H groups in total. The number of benzene rings is 1. The number of allylic oxidation sites excluding steroid dienone is 1. The van der Waals surface area contributed by atoms with Gasteiger partial charge in [-0.25, -0.2) is 10.2 Å². The van der Waals surface area contributed by atoms with Gasteiger partial charge in [-0.2, -0.15) is 0 Å². The number of amides is 2. The van der Waals surface area contributed by atoms with Crippen LogP contribution in [0.5, 0.6) is 5.75 Å². The smallest absolute Gasteiger partial charge is 0.312 e. The minimum atomic E-state index is -1.41. The van der Waals surface area contributed by atoms with Crippen LogP contribution in [0.3, 0.4) is 0 Å². The van der Waals surface area contributed by atoms with E-state index in [0.29, 0.717) is 55.1 Å². The largest absolute Gasteiger partial charge is 0.487 e. The van der Waals surface area contributed by atoms with E-state index in [1.165, 1.54) is 21.1 Å². The van der Waals surface area contributed by atoms with Crippen LogP contribution in [-0.4, -0.2) is 79.2 Å². The normalized spacial score (nSPS) is 26.0. The van der Waals surface area contributed by atoms with Crippen molar-refractivity contribution < 1.29 is 28.2 Å². The topological polar surface area (TPSA) is 131 Å². The predicted molar refractivity (Wildman–Crippen MR) is 175 cm³/mol. The van der Waals surface area contributed by atoms with Gasteiger partial charge < -0.3 is 30.0 Å². The molecule has 12 heteroatoms. The number of alkyl halides is 1. The summed E-state index contributed by atoms with van der Waals surface area (Å²) in [6, 6.07) is 2.91. The van der Waals surface area contributed by atoms with Crippen LogP contribution in [0.15, 0.2) is 23.5 Å². The standard InChI is InChI=1S/C32H45ClFN5O5.C2H6/c1-19(34)28(37(3)36)23(35)17-44-25-9-8-22(33)20-10-14-39(29(41)21-7-5-6-11-31(21,2)30(42)43-4)24(27(20)25)16-38-18-32(12-13-32)15-26(38)40;1-2/h8-9,19,21,24H,5-7,10-18,35-36H2,1-4H3;1-2H3/b28-23-;/t19?,21?,24?,31-;/m0./s1. The van der Waals surface area contributed by atoms with Crippen molar-refractivity contribution in [1.29, 1.82) is 0 Å². The van der Waals surface area contributed by atoms with Gasteiger partial charge in [-0.3, -0.25) is 14.4 Å². The molecule has 0 aromatic heterocycles. The Morgan fingerprint density at radius 3 is 2.50 bits per heavy atom.